The first kappa shape index (κ1) is 17.1. The van der Waals surface area contributed by atoms with Crippen LogP contribution in [0.15, 0.2) is 24.3 Å². The summed E-state index contributed by atoms with van der Waals surface area (Å²) in [6.07, 6.45) is 0.325. The van der Waals surface area contributed by atoms with Crippen molar-refractivity contribution in [1.82, 2.24) is 10.2 Å². The third-order valence-corrected chi connectivity index (χ3v) is 4.18. The third kappa shape index (κ3) is 4.13. The van der Waals surface area contributed by atoms with E-state index in [9.17, 15) is 19.5 Å². The minimum Gasteiger partial charge on any atom is -0.480 e. The van der Waals surface area contributed by atoms with E-state index in [1.165, 1.54) is 6.92 Å². The summed E-state index contributed by atoms with van der Waals surface area (Å²) in [4.78, 5) is 36.6. The second kappa shape index (κ2) is 6.87. The molecule has 0 radical (unpaired) electrons. The van der Waals surface area contributed by atoms with Crippen LogP contribution < -0.4 is 10.6 Å². The largest absolute Gasteiger partial charge is 0.480 e. The van der Waals surface area contributed by atoms with Crippen molar-refractivity contribution in [2.75, 3.05) is 18.4 Å². The predicted octanol–water partition coefficient (Wildman–Crippen LogP) is 1.93. The van der Waals surface area contributed by atoms with Gasteiger partial charge in [-0.25, -0.2) is 9.59 Å². The summed E-state index contributed by atoms with van der Waals surface area (Å²) in [5.41, 5.74) is -0.865. The Hall–Kier alpha value is -2.28. The van der Waals surface area contributed by atoms with E-state index >= 15 is 0 Å². The maximum Gasteiger partial charge on any atom is 0.329 e. The number of carbonyl (C=O) groups is 3. The first-order valence-corrected chi connectivity index (χ1v) is 7.54. The number of halogens is 1. The summed E-state index contributed by atoms with van der Waals surface area (Å²) in [7, 11) is 0. The molecule has 0 atom stereocenters. The molecule has 0 aliphatic carbocycles. The number of anilines is 1. The minimum absolute atomic E-state index is 0.102. The molecule has 23 heavy (non-hydrogen) atoms. The number of nitrogens with one attached hydrogen (secondary N) is 2. The molecule has 0 spiro atoms. The van der Waals surface area contributed by atoms with Crippen molar-refractivity contribution in [3.8, 4) is 0 Å². The van der Waals surface area contributed by atoms with Gasteiger partial charge in [0.1, 0.15) is 5.54 Å². The van der Waals surface area contributed by atoms with E-state index in [4.69, 9.17) is 11.6 Å². The Labute approximate surface area is 138 Å². The Kier molecular flexibility index (Phi) is 5.10. The van der Waals surface area contributed by atoms with Crippen LogP contribution in [0, 0.1) is 0 Å². The number of likely N-dealkylation sites (tertiary alicyclic amines) is 1. The number of hydrogen-bond donors (Lipinski definition) is 3. The Morgan fingerprint density at radius 1 is 1.17 bits per heavy atom. The minimum atomic E-state index is -1.37. The van der Waals surface area contributed by atoms with Crippen molar-refractivity contribution in [3.05, 3.63) is 29.3 Å². The number of carbonyl (C=O) groups excluding carboxylic acids is 2. The lowest BCUT2D eigenvalue weighted by Crippen LogP contribution is -2.61. The van der Waals surface area contributed by atoms with Crippen LogP contribution in [0.5, 0.6) is 0 Å². The summed E-state index contributed by atoms with van der Waals surface area (Å²) >= 11 is 5.77. The number of aliphatic carboxylic acids is 1. The molecule has 3 amide bonds. The summed E-state index contributed by atoms with van der Waals surface area (Å²) in [5, 5.41) is 15.1. The fraction of sp³-hybridized carbons (Fsp3) is 0.400. The molecule has 1 fully saturated rings. The number of nitrogens with zero attached hydrogens (tertiary/aromatic N) is 1. The molecule has 8 heteroatoms. The zero-order valence-corrected chi connectivity index (χ0v) is 13.4. The Balaban J connectivity index is 2.02. The predicted molar refractivity (Wildman–Crippen MR) is 85.5 cm³/mol. The van der Waals surface area contributed by atoms with Crippen molar-refractivity contribution in [2.45, 2.75) is 25.3 Å². The van der Waals surface area contributed by atoms with E-state index in [1.807, 2.05) is 0 Å². The third-order valence-electron chi connectivity index (χ3n) is 3.93. The van der Waals surface area contributed by atoms with Gasteiger partial charge in [0.2, 0.25) is 5.91 Å². The Morgan fingerprint density at radius 3 is 2.22 bits per heavy atom. The van der Waals surface area contributed by atoms with Gasteiger partial charge in [0, 0.05) is 30.7 Å². The second-order valence-electron chi connectivity index (χ2n) is 5.48. The SMILES string of the molecule is CC(=O)N1CCC(NC(=O)Nc2ccc(Cl)cc2)(C(=O)O)CC1. The van der Waals surface area contributed by atoms with Crippen LogP contribution >= 0.6 is 11.6 Å². The highest BCUT2D eigenvalue weighted by atomic mass is 35.5. The summed E-state index contributed by atoms with van der Waals surface area (Å²) in [6.45, 7) is 2.03. The number of piperidine rings is 1. The number of urea groups is 1. The topological polar surface area (TPSA) is 98.7 Å². The second-order valence-corrected chi connectivity index (χ2v) is 5.92. The number of carboxylic acid groups (broad SMARTS) is 1. The van der Waals surface area contributed by atoms with Gasteiger partial charge < -0.3 is 20.6 Å². The van der Waals surface area contributed by atoms with Gasteiger partial charge >= 0.3 is 12.0 Å². The Bertz CT molecular complexity index is 610. The maximum atomic E-state index is 12.1. The monoisotopic (exact) mass is 339 g/mol. The molecule has 1 aromatic rings. The van der Waals surface area contributed by atoms with Crippen molar-refractivity contribution < 1.29 is 19.5 Å². The highest BCUT2D eigenvalue weighted by molar-refractivity contribution is 6.30. The van der Waals surface area contributed by atoms with Crippen LogP contribution in [-0.2, 0) is 9.59 Å². The van der Waals surface area contributed by atoms with Gasteiger partial charge in [-0.2, -0.15) is 0 Å². The van der Waals surface area contributed by atoms with Crippen LogP contribution in [0.1, 0.15) is 19.8 Å². The van der Waals surface area contributed by atoms with E-state index < -0.39 is 17.5 Å². The average molecular weight is 340 g/mol. The average Bonchev–Trinajstić information content (AvgIpc) is 2.50. The highest BCUT2D eigenvalue weighted by Crippen LogP contribution is 2.23. The lowest BCUT2D eigenvalue weighted by Gasteiger charge is -2.38. The molecule has 0 saturated carbocycles. The van der Waals surface area contributed by atoms with Gasteiger partial charge in [0.05, 0.1) is 0 Å². The molecule has 1 aliphatic heterocycles. The molecule has 1 saturated heterocycles. The van der Waals surface area contributed by atoms with Crippen molar-refractivity contribution in [1.29, 1.82) is 0 Å². The molecule has 1 heterocycles. The van der Waals surface area contributed by atoms with Crippen molar-refractivity contribution >= 4 is 35.2 Å². The van der Waals surface area contributed by atoms with Crippen molar-refractivity contribution in [3.63, 3.8) is 0 Å². The highest BCUT2D eigenvalue weighted by Gasteiger charge is 2.43. The van der Waals surface area contributed by atoms with E-state index in [0.29, 0.717) is 23.8 Å². The van der Waals surface area contributed by atoms with Gasteiger partial charge in [0.25, 0.3) is 0 Å². The van der Waals surface area contributed by atoms with Gasteiger partial charge in [-0.05, 0) is 37.1 Å². The number of rotatable bonds is 3. The van der Waals surface area contributed by atoms with Crippen LogP contribution in [0.2, 0.25) is 5.02 Å². The summed E-state index contributed by atoms with van der Waals surface area (Å²) in [6, 6.07) is 5.87. The van der Waals surface area contributed by atoms with E-state index in [0.717, 1.165) is 0 Å². The summed E-state index contributed by atoms with van der Waals surface area (Å²) in [5.74, 6) is -1.21. The van der Waals surface area contributed by atoms with Crippen LogP contribution in [0.3, 0.4) is 0 Å². The molecule has 0 unspecified atom stereocenters. The van der Waals surface area contributed by atoms with Crippen LogP contribution in [0.25, 0.3) is 0 Å². The first-order valence-electron chi connectivity index (χ1n) is 7.16. The molecular weight excluding hydrogens is 322 g/mol. The number of hydrogen-bond acceptors (Lipinski definition) is 3. The Morgan fingerprint density at radius 2 is 1.74 bits per heavy atom. The normalized spacial score (nSPS) is 16.5. The molecule has 0 bridgehead atoms. The number of benzene rings is 1. The van der Waals surface area contributed by atoms with Gasteiger partial charge in [-0.3, -0.25) is 4.79 Å². The zero-order chi connectivity index (χ0) is 17.0. The number of amides is 3. The molecule has 1 aromatic carbocycles. The quantitative estimate of drug-likeness (QED) is 0.783. The van der Waals surface area contributed by atoms with E-state index in [1.54, 1.807) is 29.2 Å². The van der Waals surface area contributed by atoms with E-state index in [-0.39, 0.29) is 18.7 Å². The smallest absolute Gasteiger partial charge is 0.329 e. The van der Waals surface area contributed by atoms with Crippen molar-refractivity contribution in [2.24, 2.45) is 0 Å². The molecule has 0 aromatic heterocycles. The molecule has 3 N–H and O–H groups in total. The fourth-order valence-electron chi connectivity index (χ4n) is 2.51. The van der Waals surface area contributed by atoms with Gasteiger partial charge in [-0.1, -0.05) is 11.6 Å². The summed E-state index contributed by atoms with van der Waals surface area (Å²) < 4.78 is 0. The lowest BCUT2D eigenvalue weighted by atomic mass is 9.87. The van der Waals surface area contributed by atoms with Crippen LogP contribution in [0.4, 0.5) is 10.5 Å². The molecule has 2 rings (SSSR count). The standard InChI is InChI=1S/C15H18ClN3O4/c1-10(20)19-8-6-15(7-9-19,13(21)22)18-14(23)17-12-4-2-11(16)3-5-12/h2-5H,6-9H2,1H3,(H,21,22)(H2,17,18,23). The molecular formula is C15H18ClN3O4. The number of carboxylic acids is 1. The van der Waals surface area contributed by atoms with Gasteiger partial charge in [-0.15, -0.1) is 0 Å². The maximum absolute atomic E-state index is 12.1. The molecule has 124 valence electrons. The lowest BCUT2D eigenvalue weighted by molar-refractivity contribution is -0.148. The molecule has 1 aliphatic rings. The first-order chi connectivity index (χ1) is 10.8. The molecule has 7 nitrogen and oxygen atoms in total. The zero-order valence-electron chi connectivity index (χ0n) is 12.6. The van der Waals surface area contributed by atoms with Crippen LogP contribution in [-0.4, -0.2) is 46.5 Å². The fourth-order valence-corrected chi connectivity index (χ4v) is 2.63. The van der Waals surface area contributed by atoms with E-state index in [2.05, 4.69) is 10.6 Å². The van der Waals surface area contributed by atoms with Gasteiger partial charge in [0.15, 0.2) is 0 Å².